The van der Waals surface area contributed by atoms with Crippen LogP contribution in [0.5, 0.6) is 0 Å². The highest BCUT2D eigenvalue weighted by molar-refractivity contribution is 6.45. The minimum atomic E-state index is -0.0551. The fourth-order valence-electron chi connectivity index (χ4n) is 0.994. The Bertz CT molecular complexity index is 338. The molecule has 0 bridgehead atoms. The van der Waals surface area contributed by atoms with Crippen LogP contribution >= 0.6 is 0 Å². The van der Waals surface area contributed by atoms with Crippen molar-refractivity contribution in [3.63, 3.8) is 0 Å². The molecule has 0 unspecified atom stereocenters. The van der Waals surface area contributed by atoms with Crippen LogP contribution in [0.15, 0.2) is 48.1 Å². The molecule has 0 N–H and O–H groups in total. The van der Waals surface area contributed by atoms with Gasteiger partial charge in [-0.2, -0.15) is 0 Å². The molecule has 0 radical (unpaired) electrons. The van der Waals surface area contributed by atoms with E-state index in [0.29, 0.717) is 11.3 Å². The maximum Gasteiger partial charge on any atom is 0.206 e. The van der Waals surface area contributed by atoms with Gasteiger partial charge in [0.1, 0.15) is 0 Å². The number of ketones is 1. The molecule has 0 amide bonds. The SMILES string of the molecule is C=CN=C(C)C(=O)c1ccccc1. The van der Waals surface area contributed by atoms with Gasteiger partial charge in [-0.05, 0) is 6.92 Å². The normalized spacial score (nSPS) is 11.0. The Morgan fingerprint density at radius 3 is 2.54 bits per heavy atom. The summed E-state index contributed by atoms with van der Waals surface area (Å²) in [7, 11) is 0. The second kappa shape index (κ2) is 4.36. The number of hydrogen-bond acceptors (Lipinski definition) is 2. The van der Waals surface area contributed by atoms with Gasteiger partial charge in [0.15, 0.2) is 0 Å². The van der Waals surface area contributed by atoms with Crippen LogP contribution in [0.2, 0.25) is 0 Å². The third kappa shape index (κ3) is 2.37. The monoisotopic (exact) mass is 173 g/mol. The fraction of sp³-hybridized carbons (Fsp3) is 0.0909. The first-order valence-corrected chi connectivity index (χ1v) is 4.00. The van der Waals surface area contributed by atoms with Gasteiger partial charge in [0.2, 0.25) is 5.78 Å². The molecule has 0 spiro atoms. The van der Waals surface area contributed by atoms with Crippen LogP contribution in [0.4, 0.5) is 0 Å². The molecule has 0 saturated heterocycles. The first-order chi connectivity index (χ1) is 6.25. The number of aliphatic imine (C=N–C) groups is 1. The van der Waals surface area contributed by atoms with Gasteiger partial charge in [-0.15, -0.1) is 0 Å². The smallest absolute Gasteiger partial charge is 0.206 e. The molecule has 0 atom stereocenters. The summed E-state index contributed by atoms with van der Waals surface area (Å²) < 4.78 is 0. The van der Waals surface area contributed by atoms with Crippen molar-refractivity contribution in [3.05, 3.63) is 48.7 Å². The van der Waals surface area contributed by atoms with Crippen molar-refractivity contribution in [2.24, 2.45) is 4.99 Å². The largest absolute Gasteiger partial charge is 0.287 e. The quantitative estimate of drug-likeness (QED) is 0.510. The lowest BCUT2D eigenvalue weighted by Crippen LogP contribution is -2.09. The number of nitrogens with zero attached hydrogens (tertiary/aromatic N) is 1. The summed E-state index contributed by atoms with van der Waals surface area (Å²) in [4.78, 5) is 15.4. The minimum Gasteiger partial charge on any atom is -0.287 e. The second-order valence-electron chi connectivity index (χ2n) is 2.59. The van der Waals surface area contributed by atoms with E-state index in [2.05, 4.69) is 11.6 Å². The number of hydrogen-bond donors (Lipinski definition) is 0. The molecule has 0 aliphatic rings. The predicted octanol–water partition coefficient (Wildman–Crippen LogP) is 2.47. The number of carbonyl (C=O) groups is 1. The Morgan fingerprint density at radius 1 is 1.38 bits per heavy atom. The van der Waals surface area contributed by atoms with Crippen molar-refractivity contribution in [1.29, 1.82) is 0 Å². The molecule has 1 aromatic carbocycles. The molecule has 2 nitrogen and oxygen atoms in total. The molecule has 0 fully saturated rings. The van der Waals surface area contributed by atoms with Crippen LogP contribution < -0.4 is 0 Å². The topological polar surface area (TPSA) is 29.4 Å². The minimum absolute atomic E-state index is 0.0551. The molecule has 0 heterocycles. The van der Waals surface area contributed by atoms with Gasteiger partial charge in [0.05, 0.1) is 5.71 Å². The molecule has 13 heavy (non-hydrogen) atoms. The van der Waals surface area contributed by atoms with Crippen LogP contribution in [0.1, 0.15) is 17.3 Å². The Balaban J connectivity index is 2.92. The van der Waals surface area contributed by atoms with Crippen LogP contribution in [0, 0.1) is 0 Å². The Labute approximate surface area is 77.6 Å². The van der Waals surface area contributed by atoms with E-state index in [4.69, 9.17) is 0 Å². The van der Waals surface area contributed by atoms with E-state index in [-0.39, 0.29) is 5.78 Å². The number of benzene rings is 1. The third-order valence-electron chi connectivity index (χ3n) is 1.65. The van der Waals surface area contributed by atoms with Gasteiger partial charge in [0, 0.05) is 11.8 Å². The van der Waals surface area contributed by atoms with Crippen molar-refractivity contribution in [2.45, 2.75) is 6.92 Å². The van der Waals surface area contributed by atoms with E-state index in [9.17, 15) is 4.79 Å². The van der Waals surface area contributed by atoms with E-state index >= 15 is 0 Å². The standard InChI is InChI=1S/C11H11NO/c1-3-12-9(2)11(13)10-7-5-4-6-8-10/h3-8H,1H2,2H3. The molecular formula is C11H11NO. The fourth-order valence-corrected chi connectivity index (χ4v) is 0.994. The number of Topliss-reactive ketones (excluding diaryl/α,β-unsaturated/α-hetero) is 1. The van der Waals surface area contributed by atoms with Crippen molar-refractivity contribution in [2.75, 3.05) is 0 Å². The summed E-state index contributed by atoms with van der Waals surface area (Å²) >= 11 is 0. The lowest BCUT2D eigenvalue weighted by molar-refractivity contribution is 0.106. The zero-order chi connectivity index (χ0) is 9.68. The summed E-state index contributed by atoms with van der Waals surface area (Å²) in [6.07, 6.45) is 1.37. The summed E-state index contributed by atoms with van der Waals surface area (Å²) in [5.41, 5.74) is 1.12. The molecule has 2 heteroatoms. The summed E-state index contributed by atoms with van der Waals surface area (Å²) in [6.45, 7) is 5.11. The summed E-state index contributed by atoms with van der Waals surface area (Å²) in [5, 5.41) is 0. The maximum absolute atomic E-state index is 11.6. The van der Waals surface area contributed by atoms with Gasteiger partial charge in [-0.1, -0.05) is 36.9 Å². The highest BCUT2D eigenvalue weighted by atomic mass is 16.1. The van der Waals surface area contributed by atoms with Crippen LogP contribution in [0.3, 0.4) is 0 Å². The van der Waals surface area contributed by atoms with E-state index in [1.165, 1.54) is 6.20 Å². The van der Waals surface area contributed by atoms with E-state index in [1.54, 1.807) is 19.1 Å². The van der Waals surface area contributed by atoms with Gasteiger partial charge in [-0.25, -0.2) is 0 Å². The lowest BCUT2D eigenvalue weighted by atomic mass is 10.1. The zero-order valence-corrected chi connectivity index (χ0v) is 7.53. The zero-order valence-electron chi connectivity index (χ0n) is 7.53. The molecule has 0 saturated carbocycles. The van der Waals surface area contributed by atoms with Crippen molar-refractivity contribution < 1.29 is 4.79 Å². The third-order valence-corrected chi connectivity index (χ3v) is 1.65. The molecule has 1 aromatic rings. The van der Waals surface area contributed by atoms with E-state index < -0.39 is 0 Å². The molecular weight excluding hydrogens is 162 g/mol. The summed E-state index contributed by atoms with van der Waals surface area (Å²) in [5.74, 6) is -0.0551. The predicted molar refractivity (Wildman–Crippen MR) is 54.1 cm³/mol. The first kappa shape index (κ1) is 9.39. The van der Waals surface area contributed by atoms with Crippen molar-refractivity contribution in [3.8, 4) is 0 Å². The Kier molecular flexibility index (Phi) is 3.15. The average Bonchev–Trinajstić information content (AvgIpc) is 2.18. The Morgan fingerprint density at radius 2 is 2.00 bits per heavy atom. The average molecular weight is 173 g/mol. The van der Waals surface area contributed by atoms with Crippen LogP contribution in [-0.4, -0.2) is 11.5 Å². The number of rotatable bonds is 3. The lowest BCUT2D eigenvalue weighted by Gasteiger charge is -1.97. The van der Waals surface area contributed by atoms with E-state index in [1.807, 2.05) is 18.2 Å². The van der Waals surface area contributed by atoms with Gasteiger partial charge in [0.25, 0.3) is 0 Å². The van der Waals surface area contributed by atoms with Crippen molar-refractivity contribution >= 4 is 11.5 Å². The molecule has 66 valence electrons. The van der Waals surface area contributed by atoms with Crippen LogP contribution in [0.25, 0.3) is 0 Å². The highest BCUT2D eigenvalue weighted by Gasteiger charge is 2.06. The van der Waals surface area contributed by atoms with Gasteiger partial charge < -0.3 is 0 Å². The summed E-state index contributed by atoms with van der Waals surface area (Å²) in [6, 6.07) is 9.06. The van der Waals surface area contributed by atoms with Crippen molar-refractivity contribution in [1.82, 2.24) is 0 Å². The van der Waals surface area contributed by atoms with Crippen LogP contribution in [-0.2, 0) is 0 Å². The highest BCUT2D eigenvalue weighted by Crippen LogP contribution is 2.01. The molecule has 1 rings (SSSR count). The van der Waals surface area contributed by atoms with Gasteiger partial charge in [-0.3, -0.25) is 9.79 Å². The molecule has 0 aliphatic carbocycles. The molecule has 0 aromatic heterocycles. The second-order valence-corrected chi connectivity index (χ2v) is 2.59. The number of carbonyl (C=O) groups excluding carboxylic acids is 1. The first-order valence-electron chi connectivity index (χ1n) is 4.00. The molecule has 0 aliphatic heterocycles. The van der Waals surface area contributed by atoms with Gasteiger partial charge >= 0.3 is 0 Å². The maximum atomic E-state index is 11.6. The van der Waals surface area contributed by atoms with E-state index in [0.717, 1.165) is 0 Å². The Hall–Kier alpha value is -1.70.